The molecule has 0 amide bonds. The van der Waals surface area contributed by atoms with Crippen molar-refractivity contribution in [2.45, 2.75) is 13.0 Å². The first kappa shape index (κ1) is 17.3. The Morgan fingerprint density at radius 3 is 2.11 bits per heavy atom. The minimum atomic E-state index is 0.469. The van der Waals surface area contributed by atoms with E-state index in [1.165, 1.54) is 0 Å². The van der Waals surface area contributed by atoms with Gasteiger partial charge in [0.15, 0.2) is 5.82 Å². The molecule has 0 aliphatic rings. The Morgan fingerprint density at radius 1 is 0.704 bits per heavy atom. The quantitative estimate of drug-likeness (QED) is 0.394. The van der Waals surface area contributed by atoms with Gasteiger partial charge in [-0.1, -0.05) is 66.2 Å². The van der Waals surface area contributed by atoms with Gasteiger partial charge in [0.25, 0.3) is 0 Å². The molecule has 132 valence electrons. The lowest BCUT2D eigenvalue weighted by Gasteiger charge is -2.06. The average Bonchev–Trinajstić information content (AvgIpc) is 2.70. The Labute approximate surface area is 162 Å². The number of aromatic nitrogens is 2. The molecule has 0 radical (unpaired) electrons. The summed E-state index contributed by atoms with van der Waals surface area (Å²) >= 11 is 5.92. The molecule has 1 aromatic heterocycles. The predicted molar refractivity (Wildman–Crippen MR) is 108 cm³/mol. The highest BCUT2D eigenvalue weighted by molar-refractivity contribution is 6.30. The third-order valence-corrected chi connectivity index (χ3v) is 4.42. The van der Waals surface area contributed by atoms with E-state index in [2.05, 4.69) is 27.3 Å². The van der Waals surface area contributed by atoms with E-state index in [0.717, 1.165) is 27.9 Å². The molecule has 0 aliphatic heterocycles. The Balaban J connectivity index is 1.65. The molecule has 0 saturated carbocycles. The van der Waals surface area contributed by atoms with Gasteiger partial charge in [0, 0.05) is 11.4 Å². The molecule has 0 atom stereocenters. The number of nitrogens with zero attached hydrogens (tertiary/aromatic N) is 4. The zero-order chi connectivity index (χ0) is 18.5. The van der Waals surface area contributed by atoms with E-state index in [0.29, 0.717) is 23.8 Å². The molecule has 4 nitrogen and oxygen atoms in total. The van der Waals surface area contributed by atoms with Crippen LogP contribution in [0.5, 0.6) is 0 Å². The van der Waals surface area contributed by atoms with Gasteiger partial charge in [0.05, 0.1) is 23.3 Å². The number of para-hydroxylation sites is 2. The van der Waals surface area contributed by atoms with Crippen LogP contribution in [0.3, 0.4) is 0 Å². The van der Waals surface area contributed by atoms with E-state index in [1.807, 2.05) is 66.7 Å². The van der Waals surface area contributed by atoms with Gasteiger partial charge in [-0.15, -0.1) is 5.11 Å². The third kappa shape index (κ3) is 4.36. The molecule has 0 spiro atoms. The number of hydrogen-bond acceptors (Lipinski definition) is 4. The smallest absolute Gasteiger partial charge is 0.196 e. The monoisotopic (exact) mass is 372 g/mol. The fraction of sp³-hybridized carbons (Fsp3) is 0.0909. The summed E-state index contributed by atoms with van der Waals surface area (Å²) in [5.74, 6) is 0.562. The molecule has 0 bridgehead atoms. The van der Waals surface area contributed by atoms with Crippen LogP contribution in [-0.2, 0) is 13.0 Å². The molecule has 0 aliphatic carbocycles. The highest BCUT2D eigenvalue weighted by atomic mass is 35.5. The van der Waals surface area contributed by atoms with E-state index in [-0.39, 0.29) is 0 Å². The lowest BCUT2D eigenvalue weighted by molar-refractivity contribution is 0.930. The maximum absolute atomic E-state index is 5.92. The minimum absolute atomic E-state index is 0.469. The Morgan fingerprint density at radius 2 is 1.37 bits per heavy atom. The second kappa shape index (κ2) is 8.06. The molecule has 5 heteroatoms. The Kier molecular flexibility index (Phi) is 5.17. The predicted octanol–water partition coefficient (Wildman–Crippen LogP) is 6.16. The van der Waals surface area contributed by atoms with E-state index in [9.17, 15) is 0 Å². The van der Waals surface area contributed by atoms with Crippen LogP contribution in [0.15, 0.2) is 89.1 Å². The summed E-state index contributed by atoms with van der Waals surface area (Å²) in [5, 5.41) is 9.43. The van der Waals surface area contributed by atoms with Crippen molar-refractivity contribution in [1.82, 2.24) is 9.97 Å². The lowest BCUT2D eigenvalue weighted by atomic mass is 10.1. The normalized spacial score (nSPS) is 11.3. The first-order valence-electron chi connectivity index (χ1n) is 8.69. The van der Waals surface area contributed by atoms with E-state index >= 15 is 0 Å². The summed E-state index contributed by atoms with van der Waals surface area (Å²) in [5.41, 5.74) is 4.70. The van der Waals surface area contributed by atoms with Crippen LogP contribution in [0.1, 0.15) is 16.8 Å². The molecule has 0 fully saturated rings. The zero-order valence-corrected chi connectivity index (χ0v) is 15.3. The first-order valence-corrected chi connectivity index (χ1v) is 9.07. The van der Waals surface area contributed by atoms with E-state index in [1.54, 1.807) is 0 Å². The van der Waals surface area contributed by atoms with Gasteiger partial charge < -0.3 is 0 Å². The number of halogens is 1. The van der Waals surface area contributed by atoms with Crippen LogP contribution < -0.4 is 0 Å². The van der Waals surface area contributed by atoms with Crippen LogP contribution in [0.4, 0.5) is 5.82 Å². The fourth-order valence-electron chi connectivity index (χ4n) is 2.79. The summed E-state index contributed by atoms with van der Waals surface area (Å²) in [7, 11) is 0. The minimum Gasteiger partial charge on any atom is -0.247 e. The van der Waals surface area contributed by atoms with Gasteiger partial charge in [-0.3, -0.25) is 0 Å². The topological polar surface area (TPSA) is 50.5 Å². The van der Waals surface area contributed by atoms with Gasteiger partial charge in [0.2, 0.25) is 0 Å². The molecule has 27 heavy (non-hydrogen) atoms. The van der Waals surface area contributed by atoms with Crippen molar-refractivity contribution in [2.75, 3.05) is 0 Å². The third-order valence-electron chi connectivity index (χ3n) is 4.17. The number of fused-ring (bicyclic) bond motifs is 1. The molecule has 4 aromatic rings. The molecule has 3 aromatic carbocycles. The highest BCUT2D eigenvalue weighted by Gasteiger charge is 2.09. The van der Waals surface area contributed by atoms with Crippen LogP contribution >= 0.6 is 11.6 Å². The van der Waals surface area contributed by atoms with Crippen molar-refractivity contribution in [3.05, 3.63) is 101 Å². The molecule has 0 N–H and O–H groups in total. The van der Waals surface area contributed by atoms with Crippen molar-refractivity contribution >= 4 is 28.5 Å². The second-order valence-corrected chi connectivity index (χ2v) is 6.61. The number of rotatable bonds is 5. The maximum atomic E-state index is 5.92. The summed E-state index contributed by atoms with van der Waals surface area (Å²) in [6, 6.07) is 25.6. The van der Waals surface area contributed by atoms with Crippen LogP contribution in [0, 0.1) is 0 Å². The van der Waals surface area contributed by atoms with E-state index in [4.69, 9.17) is 16.6 Å². The number of azo groups is 1. The molecule has 0 unspecified atom stereocenters. The summed E-state index contributed by atoms with van der Waals surface area (Å²) < 4.78 is 0. The summed E-state index contributed by atoms with van der Waals surface area (Å²) in [6.07, 6.45) is 0.661. The SMILES string of the molecule is Clc1ccc(CN=Nc2nc3ccccc3nc2Cc2ccccc2)cc1. The van der Waals surface area contributed by atoms with Crippen LogP contribution in [0.25, 0.3) is 11.0 Å². The zero-order valence-electron chi connectivity index (χ0n) is 14.6. The van der Waals surface area contributed by atoms with Gasteiger partial charge in [0.1, 0.15) is 0 Å². The molecule has 4 rings (SSSR count). The van der Waals surface area contributed by atoms with Gasteiger partial charge in [-0.2, -0.15) is 5.11 Å². The van der Waals surface area contributed by atoms with E-state index < -0.39 is 0 Å². The first-order chi connectivity index (χ1) is 13.3. The molecular weight excluding hydrogens is 356 g/mol. The van der Waals surface area contributed by atoms with Crippen molar-refractivity contribution in [3.8, 4) is 0 Å². The lowest BCUT2D eigenvalue weighted by Crippen LogP contribution is -1.96. The van der Waals surface area contributed by atoms with Crippen molar-refractivity contribution in [1.29, 1.82) is 0 Å². The van der Waals surface area contributed by atoms with Gasteiger partial charge >= 0.3 is 0 Å². The highest BCUT2D eigenvalue weighted by Crippen LogP contribution is 2.23. The molecule has 1 heterocycles. The molecular formula is C22H17ClN4. The number of benzene rings is 3. The maximum Gasteiger partial charge on any atom is 0.196 e. The summed E-state index contributed by atoms with van der Waals surface area (Å²) in [6.45, 7) is 0.469. The van der Waals surface area contributed by atoms with Crippen LogP contribution in [-0.4, -0.2) is 9.97 Å². The Hall–Kier alpha value is -3.11. The van der Waals surface area contributed by atoms with Crippen LogP contribution in [0.2, 0.25) is 5.02 Å². The standard InChI is InChI=1S/C22H17ClN4/c23-18-12-10-17(11-13-18)15-24-27-22-21(14-16-6-2-1-3-7-16)25-19-8-4-5-9-20(19)26-22/h1-13H,14-15H2. The average molecular weight is 373 g/mol. The number of hydrogen-bond donors (Lipinski definition) is 0. The van der Waals surface area contributed by atoms with Gasteiger partial charge in [-0.25, -0.2) is 9.97 Å². The Bertz CT molecular complexity index is 1080. The summed E-state index contributed by atoms with van der Waals surface area (Å²) in [4.78, 5) is 9.45. The second-order valence-electron chi connectivity index (χ2n) is 6.17. The fourth-order valence-corrected chi connectivity index (χ4v) is 2.91. The van der Waals surface area contributed by atoms with Gasteiger partial charge in [-0.05, 0) is 35.4 Å². The van der Waals surface area contributed by atoms with Crippen molar-refractivity contribution in [2.24, 2.45) is 10.2 Å². The van der Waals surface area contributed by atoms with Crippen molar-refractivity contribution in [3.63, 3.8) is 0 Å². The largest absolute Gasteiger partial charge is 0.247 e. The molecule has 0 saturated heterocycles. The van der Waals surface area contributed by atoms with Crippen molar-refractivity contribution < 1.29 is 0 Å².